The normalized spacial score (nSPS) is 20.0. The lowest BCUT2D eigenvalue weighted by molar-refractivity contribution is 0.113. The van der Waals surface area contributed by atoms with Crippen molar-refractivity contribution in [3.05, 3.63) is 11.8 Å². The molecule has 0 saturated heterocycles. The van der Waals surface area contributed by atoms with Crippen LogP contribution in [0, 0.1) is 0 Å². The first-order valence-electron chi connectivity index (χ1n) is 3.55. The molecule has 0 spiro atoms. The van der Waals surface area contributed by atoms with Gasteiger partial charge in [-0.15, -0.1) is 0 Å². The molecule has 0 saturated carbocycles. The molecule has 0 aromatic heterocycles. The Hall–Kier alpha value is -0.540. The van der Waals surface area contributed by atoms with Gasteiger partial charge in [-0.2, -0.15) is 0 Å². The summed E-state index contributed by atoms with van der Waals surface area (Å²) in [6.07, 6.45) is 2.94. The zero-order valence-corrected chi connectivity index (χ0v) is 5.92. The molecule has 0 aromatic rings. The lowest BCUT2D eigenvalue weighted by atomic mass is 10.2. The number of aliphatic hydroxyl groups is 1. The highest BCUT2D eigenvalue weighted by Gasteiger charge is 2.14. The summed E-state index contributed by atoms with van der Waals surface area (Å²) < 4.78 is 5.12. The van der Waals surface area contributed by atoms with E-state index in [4.69, 9.17) is 10.5 Å². The van der Waals surface area contributed by atoms with Crippen molar-refractivity contribution in [3.8, 4) is 0 Å². The molecule has 58 valence electrons. The van der Waals surface area contributed by atoms with Crippen molar-refractivity contribution in [2.45, 2.75) is 18.9 Å². The smallest absolute Gasteiger partial charge is 0.121 e. The molecule has 3 heteroatoms. The van der Waals surface area contributed by atoms with Gasteiger partial charge in [0.2, 0.25) is 0 Å². The second-order valence-electron chi connectivity index (χ2n) is 2.34. The number of hydrogen-bond donors (Lipinski definition) is 2. The molecule has 10 heavy (non-hydrogen) atoms. The Labute approximate surface area is 60.5 Å². The SMILES string of the molecule is NCCC(O)C1=CCCO1. The van der Waals surface area contributed by atoms with Gasteiger partial charge in [0.1, 0.15) is 11.9 Å². The lowest BCUT2D eigenvalue weighted by Gasteiger charge is -2.09. The van der Waals surface area contributed by atoms with Gasteiger partial charge in [-0.25, -0.2) is 0 Å². The van der Waals surface area contributed by atoms with Crippen LogP contribution >= 0.6 is 0 Å². The van der Waals surface area contributed by atoms with Crippen LogP contribution in [0.5, 0.6) is 0 Å². The predicted octanol–water partition coefficient (Wildman–Crippen LogP) is 0.000300. The Morgan fingerprint density at radius 1 is 1.80 bits per heavy atom. The first-order chi connectivity index (χ1) is 4.84. The van der Waals surface area contributed by atoms with Gasteiger partial charge in [-0.3, -0.25) is 0 Å². The third-order valence-corrected chi connectivity index (χ3v) is 1.50. The second-order valence-corrected chi connectivity index (χ2v) is 2.34. The van der Waals surface area contributed by atoms with Crippen molar-refractivity contribution in [3.63, 3.8) is 0 Å². The summed E-state index contributed by atoms with van der Waals surface area (Å²) in [5.74, 6) is 0.699. The van der Waals surface area contributed by atoms with Gasteiger partial charge in [-0.05, 0) is 19.0 Å². The van der Waals surface area contributed by atoms with Crippen LogP contribution in [-0.2, 0) is 4.74 Å². The van der Waals surface area contributed by atoms with Crippen molar-refractivity contribution in [1.29, 1.82) is 0 Å². The van der Waals surface area contributed by atoms with E-state index in [1.807, 2.05) is 6.08 Å². The third-order valence-electron chi connectivity index (χ3n) is 1.50. The zero-order valence-electron chi connectivity index (χ0n) is 5.92. The number of ether oxygens (including phenoxy) is 1. The van der Waals surface area contributed by atoms with E-state index in [1.165, 1.54) is 0 Å². The van der Waals surface area contributed by atoms with Crippen LogP contribution in [-0.4, -0.2) is 24.4 Å². The van der Waals surface area contributed by atoms with Crippen LogP contribution in [0.25, 0.3) is 0 Å². The first-order valence-corrected chi connectivity index (χ1v) is 3.55. The van der Waals surface area contributed by atoms with Gasteiger partial charge in [0.15, 0.2) is 0 Å². The average Bonchev–Trinajstić information content (AvgIpc) is 2.38. The molecule has 0 aliphatic carbocycles. The van der Waals surface area contributed by atoms with E-state index in [1.54, 1.807) is 0 Å². The number of aliphatic hydroxyl groups excluding tert-OH is 1. The summed E-state index contributed by atoms with van der Waals surface area (Å²) >= 11 is 0. The van der Waals surface area contributed by atoms with E-state index in [-0.39, 0.29) is 0 Å². The minimum absolute atomic E-state index is 0.479. The molecular formula is C7H13NO2. The Kier molecular flexibility index (Phi) is 2.71. The molecule has 1 rings (SSSR count). The van der Waals surface area contributed by atoms with E-state index < -0.39 is 6.10 Å². The quantitative estimate of drug-likeness (QED) is 0.584. The van der Waals surface area contributed by atoms with E-state index >= 15 is 0 Å². The molecule has 3 nitrogen and oxygen atoms in total. The van der Waals surface area contributed by atoms with E-state index in [0.717, 1.165) is 6.42 Å². The number of nitrogens with two attached hydrogens (primary N) is 1. The summed E-state index contributed by atoms with van der Waals surface area (Å²) in [6, 6.07) is 0. The van der Waals surface area contributed by atoms with Crippen LogP contribution in [0.4, 0.5) is 0 Å². The van der Waals surface area contributed by atoms with Crippen LogP contribution in [0.1, 0.15) is 12.8 Å². The number of rotatable bonds is 3. The summed E-state index contributed by atoms with van der Waals surface area (Å²) in [5, 5.41) is 9.28. The molecule has 1 unspecified atom stereocenters. The highest BCUT2D eigenvalue weighted by Crippen LogP contribution is 2.14. The van der Waals surface area contributed by atoms with Crippen molar-refractivity contribution in [2.24, 2.45) is 5.73 Å². The van der Waals surface area contributed by atoms with Gasteiger partial charge in [0, 0.05) is 6.42 Å². The van der Waals surface area contributed by atoms with Gasteiger partial charge in [0.05, 0.1) is 6.61 Å². The van der Waals surface area contributed by atoms with Gasteiger partial charge < -0.3 is 15.6 Å². The van der Waals surface area contributed by atoms with Gasteiger partial charge >= 0.3 is 0 Å². The van der Waals surface area contributed by atoms with Crippen LogP contribution < -0.4 is 5.73 Å². The summed E-state index contributed by atoms with van der Waals surface area (Å²) in [5.41, 5.74) is 5.25. The maximum absolute atomic E-state index is 9.28. The highest BCUT2D eigenvalue weighted by molar-refractivity contribution is 5.03. The summed E-state index contributed by atoms with van der Waals surface area (Å²) in [6.45, 7) is 1.21. The largest absolute Gasteiger partial charge is 0.495 e. The first kappa shape index (κ1) is 7.57. The van der Waals surface area contributed by atoms with E-state index in [2.05, 4.69) is 0 Å². The fourth-order valence-corrected chi connectivity index (χ4v) is 0.969. The van der Waals surface area contributed by atoms with Crippen molar-refractivity contribution in [2.75, 3.05) is 13.2 Å². The topological polar surface area (TPSA) is 55.5 Å². The summed E-state index contributed by atoms with van der Waals surface area (Å²) in [4.78, 5) is 0. The Morgan fingerprint density at radius 3 is 3.10 bits per heavy atom. The summed E-state index contributed by atoms with van der Waals surface area (Å²) in [7, 11) is 0. The molecule has 0 fully saturated rings. The van der Waals surface area contributed by atoms with E-state index in [9.17, 15) is 5.11 Å². The molecule has 0 radical (unpaired) electrons. The molecule has 0 aromatic carbocycles. The average molecular weight is 143 g/mol. The molecule has 1 heterocycles. The molecule has 3 N–H and O–H groups in total. The molecular weight excluding hydrogens is 130 g/mol. The minimum Gasteiger partial charge on any atom is -0.495 e. The van der Waals surface area contributed by atoms with Crippen molar-refractivity contribution < 1.29 is 9.84 Å². The van der Waals surface area contributed by atoms with E-state index in [0.29, 0.717) is 25.3 Å². The van der Waals surface area contributed by atoms with Crippen molar-refractivity contribution >= 4 is 0 Å². The fourth-order valence-electron chi connectivity index (χ4n) is 0.969. The maximum atomic E-state index is 9.28. The van der Waals surface area contributed by atoms with Crippen molar-refractivity contribution in [1.82, 2.24) is 0 Å². The van der Waals surface area contributed by atoms with Gasteiger partial charge in [0.25, 0.3) is 0 Å². The van der Waals surface area contributed by atoms with Crippen LogP contribution in [0.2, 0.25) is 0 Å². The van der Waals surface area contributed by atoms with Gasteiger partial charge in [-0.1, -0.05) is 0 Å². The highest BCUT2D eigenvalue weighted by atomic mass is 16.5. The molecule has 1 aliphatic rings. The maximum Gasteiger partial charge on any atom is 0.121 e. The molecule has 0 amide bonds. The Morgan fingerprint density at radius 2 is 2.60 bits per heavy atom. The monoisotopic (exact) mass is 143 g/mol. The standard InChI is InChI=1S/C7H13NO2/c8-4-3-6(9)7-2-1-5-10-7/h2,6,9H,1,3-5,8H2. The van der Waals surface area contributed by atoms with Crippen LogP contribution in [0.3, 0.4) is 0 Å². The third kappa shape index (κ3) is 1.72. The fraction of sp³-hybridized carbons (Fsp3) is 0.714. The number of hydrogen-bond acceptors (Lipinski definition) is 3. The predicted molar refractivity (Wildman–Crippen MR) is 38.3 cm³/mol. The Bertz CT molecular complexity index is 134. The molecule has 0 bridgehead atoms. The minimum atomic E-state index is -0.479. The molecule has 1 aliphatic heterocycles. The zero-order chi connectivity index (χ0) is 7.40. The van der Waals surface area contributed by atoms with Crippen LogP contribution in [0.15, 0.2) is 11.8 Å². The Balaban J connectivity index is 2.32. The lowest BCUT2D eigenvalue weighted by Crippen LogP contribution is -2.16. The molecule has 1 atom stereocenters. The second kappa shape index (κ2) is 3.58.